The molecular weight excluding hydrogens is 697 g/mol. The van der Waals surface area contributed by atoms with Crippen LogP contribution in [0.25, 0.3) is 22.3 Å². The standard InChI is InChI=1S/C48H34N4S2/c1-48(2,3)45-46(51-37-12-4-8-16-41(37)53-42-17-9-5-13-38(42)51)35(33-24-20-31(29-49)21-25-33)28-36(34-26-22-32(30-50)23-27-34)47(45)52-39-14-6-10-18-43(39)54-44-19-11-7-15-40(44)52/h4-28H,1-3H3. The van der Waals surface area contributed by atoms with E-state index in [4.69, 9.17) is 0 Å². The number of para-hydroxylation sites is 4. The van der Waals surface area contributed by atoms with Crippen molar-refractivity contribution in [2.24, 2.45) is 0 Å². The van der Waals surface area contributed by atoms with Crippen LogP contribution in [0.1, 0.15) is 37.5 Å². The van der Waals surface area contributed by atoms with Crippen molar-refractivity contribution in [1.29, 1.82) is 10.5 Å². The third-order valence-electron chi connectivity index (χ3n) is 9.98. The second-order valence-corrected chi connectivity index (χ2v) is 16.6. The SMILES string of the molecule is CC(C)(C)c1c(N2c3ccccc3Sc3ccccc32)c(-c2ccc(C#N)cc2)cc(-c2ccc(C#N)cc2)c1N1c2ccccc2Sc2ccccc21. The van der Waals surface area contributed by atoms with Crippen LogP contribution in [0, 0.1) is 22.7 Å². The number of benzene rings is 7. The summed E-state index contributed by atoms with van der Waals surface area (Å²) in [5.41, 5.74) is 12.8. The number of anilines is 6. The molecule has 0 atom stereocenters. The summed E-state index contributed by atoms with van der Waals surface area (Å²) in [6.45, 7) is 6.94. The highest BCUT2D eigenvalue weighted by atomic mass is 32.2. The molecule has 7 aromatic rings. The van der Waals surface area contributed by atoms with Gasteiger partial charge in [-0.3, -0.25) is 0 Å². The minimum Gasteiger partial charge on any atom is -0.307 e. The predicted octanol–water partition coefficient (Wildman–Crippen LogP) is 13.9. The van der Waals surface area contributed by atoms with E-state index in [1.807, 2.05) is 24.3 Å². The lowest BCUT2D eigenvalue weighted by molar-refractivity contribution is 0.592. The van der Waals surface area contributed by atoms with Crippen LogP contribution < -0.4 is 9.80 Å². The molecule has 0 amide bonds. The molecule has 6 heteroatoms. The summed E-state index contributed by atoms with van der Waals surface area (Å²) in [6.07, 6.45) is 0. The zero-order valence-electron chi connectivity index (χ0n) is 30.0. The highest BCUT2D eigenvalue weighted by Gasteiger charge is 2.38. The summed E-state index contributed by atoms with van der Waals surface area (Å²) in [5.74, 6) is 0. The first kappa shape index (κ1) is 33.6. The molecule has 0 aromatic heterocycles. The van der Waals surface area contributed by atoms with Crippen LogP contribution in [0.2, 0.25) is 0 Å². The van der Waals surface area contributed by atoms with E-state index < -0.39 is 5.41 Å². The Morgan fingerprint density at radius 1 is 0.444 bits per heavy atom. The zero-order chi connectivity index (χ0) is 37.0. The number of nitrogens with zero attached hydrogens (tertiary/aromatic N) is 4. The number of nitriles is 2. The molecular formula is C48H34N4S2. The second-order valence-electron chi connectivity index (χ2n) is 14.4. The van der Waals surface area contributed by atoms with E-state index in [9.17, 15) is 10.5 Å². The van der Waals surface area contributed by atoms with Crippen LogP contribution in [0.3, 0.4) is 0 Å². The molecule has 0 radical (unpaired) electrons. The quantitative estimate of drug-likeness (QED) is 0.180. The van der Waals surface area contributed by atoms with Gasteiger partial charge in [-0.05, 0) is 95.4 Å². The molecule has 0 N–H and O–H groups in total. The Morgan fingerprint density at radius 3 is 1.06 bits per heavy atom. The summed E-state index contributed by atoms with van der Waals surface area (Å²) >= 11 is 3.60. The van der Waals surface area contributed by atoms with Crippen molar-refractivity contribution in [2.75, 3.05) is 9.80 Å². The maximum atomic E-state index is 9.81. The van der Waals surface area contributed by atoms with Gasteiger partial charge in [-0.2, -0.15) is 10.5 Å². The Labute approximate surface area is 325 Å². The van der Waals surface area contributed by atoms with Gasteiger partial charge in [0.2, 0.25) is 0 Å². The fourth-order valence-corrected chi connectivity index (χ4v) is 9.73. The molecule has 0 spiro atoms. The number of fused-ring (bicyclic) bond motifs is 4. The van der Waals surface area contributed by atoms with E-state index in [1.54, 1.807) is 23.5 Å². The van der Waals surface area contributed by atoms with Gasteiger partial charge in [-0.25, -0.2) is 0 Å². The van der Waals surface area contributed by atoms with Gasteiger partial charge in [0.05, 0.1) is 57.4 Å². The van der Waals surface area contributed by atoms with E-state index >= 15 is 0 Å². The van der Waals surface area contributed by atoms with Gasteiger partial charge in [-0.15, -0.1) is 0 Å². The molecule has 2 heterocycles. The number of rotatable bonds is 4. The predicted molar refractivity (Wildman–Crippen MR) is 223 cm³/mol. The number of hydrogen-bond donors (Lipinski definition) is 0. The smallest absolute Gasteiger partial charge is 0.0991 e. The minimum absolute atomic E-state index is 0.391. The van der Waals surface area contributed by atoms with Gasteiger partial charge in [0.15, 0.2) is 0 Å². The largest absolute Gasteiger partial charge is 0.307 e. The Kier molecular flexibility index (Phi) is 8.32. The summed E-state index contributed by atoms with van der Waals surface area (Å²) in [6, 6.07) is 57.6. The summed E-state index contributed by atoms with van der Waals surface area (Å²) in [5, 5.41) is 19.6. The van der Waals surface area contributed by atoms with E-state index in [0.29, 0.717) is 11.1 Å². The lowest BCUT2D eigenvalue weighted by Gasteiger charge is -2.43. The van der Waals surface area contributed by atoms with Crippen LogP contribution in [0.4, 0.5) is 34.1 Å². The summed E-state index contributed by atoms with van der Waals surface area (Å²) in [7, 11) is 0. The van der Waals surface area contributed by atoms with E-state index in [-0.39, 0.29) is 0 Å². The highest BCUT2D eigenvalue weighted by molar-refractivity contribution is 8.00. The third kappa shape index (κ3) is 5.63. The first-order chi connectivity index (χ1) is 26.3. The molecule has 0 fully saturated rings. The van der Waals surface area contributed by atoms with E-state index in [1.165, 1.54) is 25.1 Å². The van der Waals surface area contributed by atoms with Gasteiger partial charge in [0.1, 0.15) is 0 Å². The van der Waals surface area contributed by atoms with Gasteiger partial charge in [-0.1, -0.05) is 117 Å². The van der Waals surface area contributed by atoms with E-state index in [0.717, 1.165) is 56.4 Å². The lowest BCUT2D eigenvalue weighted by Crippen LogP contribution is -2.27. The molecule has 0 saturated heterocycles. The molecule has 7 aromatic carbocycles. The van der Waals surface area contributed by atoms with E-state index in [2.05, 4.69) is 170 Å². The Bertz CT molecular complexity index is 2410. The van der Waals surface area contributed by atoms with Gasteiger partial charge >= 0.3 is 0 Å². The molecule has 0 unspecified atom stereocenters. The van der Waals surface area contributed by atoms with Crippen molar-refractivity contribution in [3.05, 3.63) is 168 Å². The monoisotopic (exact) mass is 730 g/mol. The van der Waals surface area contributed by atoms with Gasteiger partial charge in [0.25, 0.3) is 0 Å². The molecule has 0 saturated carbocycles. The normalized spacial score (nSPS) is 12.8. The van der Waals surface area contributed by atoms with Crippen LogP contribution in [0.15, 0.2) is 171 Å². The van der Waals surface area contributed by atoms with Crippen molar-refractivity contribution in [1.82, 2.24) is 0 Å². The fraction of sp³-hybridized carbons (Fsp3) is 0.0833. The average Bonchev–Trinajstić information content (AvgIpc) is 3.21. The van der Waals surface area contributed by atoms with Crippen molar-refractivity contribution < 1.29 is 0 Å². The van der Waals surface area contributed by atoms with Crippen LogP contribution in [-0.4, -0.2) is 0 Å². The average molecular weight is 731 g/mol. The lowest BCUT2D eigenvalue weighted by atomic mass is 9.78. The van der Waals surface area contributed by atoms with Crippen molar-refractivity contribution in [3.63, 3.8) is 0 Å². The summed E-state index contributed by atoms with van der Waals surface area (Å²) < 4.78 is 0. The Hall–Kier alpha value is -6.18. The fourth-order valence-electron chi connectivity index (χ4n) is 7.62. The van der Waals surface area contributed by atoms with Gasteiger partial charge in [0, 0.05) is 36.3 Å². The topological polar surface area (TPSA) is 54.1 Å². The van der Waals surface area contributed by atoms with Crippen molar-refractivity contribution >= 4 is 57.6 Å². The zero-order valence-corrected chi connectivity index (χ0v) is 31.7. The van der Waals surface area contributed by atoms with Crippen LogP contribution >= 0.6 is 23.5 Å². The van der Waals surface area contributed by atoms with Crippen LogP contribution in [0.5, 0.6) is 0 Å². The van der Waals surface area contributed by atoms with Gasteiger partial charge < -0.3 is 9.80 Å². The Balaban J connectivity index is 1.50. The maximum absolute atomic E-state index is 9.81. The first-order valence-electron chi connectivity index (χ1n) is 17.9. The molecule has 54 heavy (non-hydrogen) atoms. The summed E-state index contributed by atoms with van der Waals surface area (Å²) in [4.78, 5) is 9.68. The van der Waals surface area contributed by atoms with Crippen molar-refractivity contribution in [2.45, 2.75) is 45.8 Å². The molecule has 0 aliphatic carbocycles. The molecule has 9 rings (SSSR count). The third-order valence-corrected chi connectivity index (χ3v) is 12.2. The molecule has 258 valence electrons. The maximum Gasteiger partial charge on any atom is 0.0991 e. The molecule has 4 nitrogen and oxygen atoms in total. The molecule has 2 aliphatic heterocycles. The minimum atomic E-state index is -0.391. The van der Waals surface area contributed by atoms with Crippen LogP contribution in [-0.2, 0) is 5.41 Å². The second kappa shape index (κ2) is 13.3. The Morgan fingerprint density at radius 2 is 0.759 bits per heavy atom. The molecule has 2 aliphatic rings. The molecule has 0 bridgehead atoms. The first-order valence-corrected chi connectivity index (χ1v) is 19.5. The van der Waals surface area contributed by atoms with Crippen molar-refractivity contribution in [3.8, 4) is 34.4 Å². The highest BCUT2D eigenvalue weighted by Crippen LogP contribution is 2.61. The number of hydrogen-bond acceptors (Lipinski definition) is 6.